The first-order chi connectivity index (χ1) is 10.4. The molecule has 0 atom stereocenters. The maximum absolute atomic E-state index is 11.7. The third kappa shape index (κ3) is 6.93. The molecule has 1 N–H and O–H groups in total. The van der Waals surface area contributed by atoms with Crippen LogP contribution in [0, 0.1) is 5.92 Å². The fourth-order valence-corrected chi connectivity index (χ4v) is 2.43. The standard InChI is InChI=1S/C16H28N4OS/c1-13(2)11-17-16(18-12-15(21)19(3)4)20(5)9-8-14-7-6-10-22-14/h6-7,10,13H,8-9,11-12H2,1-5H3,(H,17,18). The molecule has 1 aromatic heterocycles. The molecule has 6 heteroatoms. The van der Waals surface area contributed by atoms with Crippen molar-refractivity contribution in [2.75, 3.05) is 40.8 Å². The molecule has 1 amide bonds. The van der Waals surface area contributed by atoms with Gasteiger partial charge in [0.15, 0.2) is 5.96 Å². The molecule has 0 spiro atoms. The fourth-order valence-electron chi connectivity index (χ4n) is 1.73. The number of likely N-dealkylation sites (N-methyl/N-ethyl adjacent to an activating group) is 2. The van der Waals surface area contributed by atoms with Crippen LogP contribution in [0.15, 0.2) is 22.5 Å². The number of carbonyl (C=O) groups excluding carboxylic acids is 1. The molecule has 0 bridgehead atoms. The van der Waals surface area contributed by atoms with Crippen LogP contribution in [-0.4, -0.2) is 62.4 Å². The molecule has 0 radical (unpaired) electrons. The van der Waals surface area contributed by atoms with Gasteiger partial charge in [0.1, 0.15) is 6.54 Å². The molecule has 124 valence electrons. The zero-order chi connectivity index (χ0) is 16.5. The number of rotatable bonds is 7. The van der Waals surface area contributed by atoms with E-state index in [1.54, 1.807) is 30.3 Å². The summed E-state index contributed by atoms with van der Waals surface area (Å²) < 4.78 is 0. The van der Waals surface area contributed by atoms with E-state index in [0.717, 1.165) is 25.5 Å². The molecule has 1 rings (SSSR count). The van der Waals surface area contributed by atoms with Crippen molar-refractivity contribution in [2.45, 2.75) is 20.3 Å². The first-order valence-electron chi connectivity index (χ1n) is 7.62. The summed E-state index contributed by atoms with van der Waals surface area (Å²) in [5.41, 5.74) is 0. The molecule has 0 aromatic carbocycles. The van der Waals surface area contributed by atoms with E-state index in [1.807, 2.05) is 7.05 Å². The van der Waals surface area contributed by atoms with Crippen LogP contribution >= 0.6 is 11.3 Å². The van der Waals surface area contributed by atoms with Gasteiger partial charge in [-0.15, -0.1) is 11.3 Å². The number of nitrogens with zero attached hydrogens (tertiary/aromatic N) is 3. The molecule has 0 unspecified atom stereocenters. The maximum Gasteiger partial charge on any atom is 0.243 e. The van der Waals surface area contributed by atoms with E-state index < -0.39 is 0 Å². The van der Waals surface area contributed by atoms with Crippen LogP contribution in [0.2, 0.25) is 0 Å². The maximum atomic E-state index is 11.7. The molecule has 0 aliphatic carbocycles. The van der Waals surface area contributed by atoms with Crippen LogP contribution in [0.3, 0.4) is 0 Å². The summed E-state index contributed by atoms with van der Waals surface area (Å²) in [5, 5.41) is 5.45. The molecular formula is C16H28N4OS. The Kier molecular flexibility index (Phi) is 7.95. The van der Waals surface area contributed by atoms with Crippen LogP contribution in [0.5, 0.6) is 0 Å². The molecule has 0 saturated heterocycles. The van der Waals surface area contributed by atoms with Gasteiger partial charge in [0.25, 0.3) is 0 Å². The second-order valence-corrected chi connectivity index (χ2v) is 6.99. The van der Waals surface area contributed by atoms with Crippen LogP contribution in [0.4, 0.5) is 0 Å². The van der Waals surface area contributed by atoms with E-state index in [4.69, 9.17) is 0 Å². The van der Waals surface area contributed by atoms with Crippen molar-refractivity contribution >= 4 is 23.2 Å². The Morgan fingerprint density at radius 3 is 2.64 bits per heavy atom. The number of thiophene rings is 1. The predicted octanol–water partition coefficient (Wildman–Crippen LogP) is 1.91. The normalized spacial score (nSPS) is 11.6. The fraction of sp³-hybridized carbons (Fsp3) is 0.625. The lowest BCUT2D eigenvalue weighted by atomic mass is 10.2. The third-order valence-corrected chi connectivity index (χ3v) is 4.10. The van der Waals surface area contributed by atoms with Gasteiger partial charge >= 0.3 is 0 Å². The first kappa shape index (κ1) is 18.5. The number of aliphatic imine (C=N–C) groups is 1. The lowest BCUT2D eigenvalue weighted by Crippen LogP contribution is -2.42. The topological polar surface area (TPSA) is 47.9 Å². The molecular weight excluding hydrogens is 296 g/mol. The van der Waals surface area contributed by atoms with Crippen LogP contribution in [0.25, 0.3) is 0 Å². The molecule has 22 heavy (non-hydrogen) atoms. The monoisotopic (exact) mass is 324 g/mol. The number of carbonyl (C=O) groups is 1. The molecule has 1 aromatic rings. The second kappa shape index (κ2) is 9.46. The van der Waals surface area contributed by atoms with Crippen molar-refractivity contribution in [3.63, 3.8) is 0 Å². The van der Waals surface area contributed by atoms with Gasteiger partial charge in [0, 0.05) is 39.1 Å². The number of amides is 1. The Labute approximate surface area is 138 Å². The van der Waals surface area contributed by atoms with Crippen molar-refractivity contribution in [3.8, 4) is 0 Å². The highest BCUT2D eigenvalue weighted by Crippen LogP contribution is 2.09. The van der Waals surface area contributed by atoms with Gasteiger partial charge in [-0.1, -0.05) is 19.9 Å². The highest BCUT2D eigenvalue weighted by atomic mass is 32.1. The summed E-state index contributed by atoms with van der Waals surface area (Å²) in [6, 6.07) is 4.22. The lowest BCUT2D eigenvalue weighted by Gasteiger charge is -2.23. The van der Waals surface area contributed by atoms with Gasteiger partial charge in [0.05, 0.1) is 0 Å². The minimum atomic E-state index is 0.00973. The lowest BCUT2D eigenvalue weighted by molar-refractivity contribution is -0.127. The van der Waals surface area contributed by atoms with E-state index in [9.17, 15) is 4.79 Å². The number of hydrogen-bond donors (Lipinski definition) is 1. The minimum absolute atomic E-state index is 0.00973. The van der Waals surface area contributed by atoms with E-state index in [-0.39, 0.29) is 12.5 Å². The zero-order valence-corrected chi connectivity index (χ0v) is 15.1. The summed E-state index contributed by atoms with van der Waals surface area (Å²) in [4.78, 5) is 21.2. The van der Waals surface area contributed by atoms with Gasteiger partial charge in [-0.25, -0.2) is 4.99 Å². The van der Waals surface area contributed by atoms with Crippen molar-refractivity contribution < 1.29 is 4.79 Å². The molecule has 1 heterocycles. The molecule has 0 aliphatic heterocycles. The Morgan fingerprint density at radius 2 is 2.09 bits per heavy atom. The molecule has 0 aliphatic rings. The van der Waals surface area contributed by atoms with Crippen LogP contribution in [-0.2, 0) is 11.2 Å². The Morgan fingerprint density at radius 1 is 1.36 bits per heavy atom. The van der Waals surface area contributed by atoms with E-state index in [0.29, 0.717) is 5.92 Å². The van der Waals surface area contributed by atoms with E-state index >= 15 is 0 Å². The Hall–Kier alpha value is -1.56. The Balaban J connectivity index is 2.61. The first-order valence-corrected chi connectivity index (χ1v) is 8.50. The number of guanidine groups is 1. The van der Waals surface area contributed by atoms with Gasteiger partial charge in [-0.05, 0) is 23.8 Å². The average Bonchev–Trinajstić information content (AvgIpc) is 2.97. The quantitative estimate of drug-likeness (QED) is 0.616. The highest BCUT2D eigenvalue weighted by Gasteiger charge is 2.10. The summed E-state index contributed by atoms with van der Waals surface area (Å²) >= 11 is 1.77. The average molecular weight is 324 g/mol. The van der Waals surface area contributed by atoms with Crippen LogP contribution < -0.4 is 5.32 Å². The number of hydrogen-bond acceptors (Lipinski definition) is 3. The summed E-state index contributed by atoms with van der Waals surface area (Å²) in [6.07, 6.45) is 0.984. The smallest absolute Gasteiger partial charge is 0.243 e. The molecule has 0 saturated carbocycles. The van der Waals surface area contributed by atoms with Crippen molar-refractivity contribution in [1.29, 1.82) is 0 Å². The van der Waals surface area contributed by atoms with Crippen molar-refractivity contribution in [1.82, 2.24) is 15.1 Å². The molecule has 5 nitrogen and oxygen atoms in total. The SMILES string of the molecule is CC(C)CNC(=NCC(=O)N(C)C)N(C)CCc1cccs1. The minimum Gasteiger partial charge on any atom is -0.356 e. The zero-order valence-electron chi connectivity index (χ0n) is 14.3. The van der Waals surface area contributed by atoms with E-state index in [2.05, 4.69) is 46.6 Å². The largest absolute Gasteiger partial charge is 0.356 e. The van der Waals surface area contributed by atoms with E-state index in [1.165, 1.54) is 4.88 Å². The highest BCUT2D eigenvalue weighted by molar-refractivity contribution is 7.09. The summed E-state index contributed by atoms with van der Waals surface area (Å²) in [5.74, 6) is 1.33. The van der Waals surface area contributed by atoms with Gasteiger partial charge in [-0.3, -0.25) is 4.79 Å². The Bertz CT molecular complexity index is 469. The molecule has 0 fully saturated rings. The number of nitrogens with one attached hydrogen (secondary N) is 1. The van der Waals surface area contributed by atoms with Crippen molar-refractivity contribution in [3.05, 3.63) is 22.4 Å². The summed E-state index contributed by atoms with van der Waals surface area (Å²) in [6.45, 7) is 6.21. The van der Waals surface area contributed by atoms with Crippen molar-refractivity contribution in [2.24, 2.45) is 10.9 Å². The second-order valence-electron chi connectivity index (χ2n) is 5.95. The van der Waals surface area contributed by atoms with Gasteiger partial charge < -0.3 is 15.1 Å². The third-order valence-electron chi connectivity index (χ3n) is 3.17. The van der Waals surface area contributed by atoms with Crippen LogP contribution in [0.1, 0.15) is 18.7 Å². The predicted molar refractivity (Wildman–Crippen MR) is 94.5 cm³/mol. The van der Waals surface area contributed by atoms with Gasteiger partial charge in [-0.2, -0.15) is 0 Å². The summed E-state index contributed by atoms with van der Waals surface area (Å²) in [7, 11) is 5.51. The van der Waals surface area contributed by atoms with Gasteiger partial charge in [0.2, 0.25) is 5.91 Å².